The van der Waals surface area contributed by atoms with Gasteiger partial charge < -0.3 is 11.5 Å². The van der Waals surface area contributed by atoms with Crippen LogP contribution in [0.3, 0.4) is 0 Å². The van der Waals surface area contributed by atoms with Gasteiger partial charge in [-0.2, -0.15) is 0 Å². The van der Waals surface area contributed by atoms with Crippen molar-refractivity contribution in [1.82, 2.24) is 0 Å². The minimum Gasteiger partial charge on any atom is -0.377 e. The molecule has 0 spiro atoms. The highest BCUT2D eigenvalue weighted by atomic mass is 32.1. The molecule has 0 atom stereocenters. The van der Waals surface area contributed by atoms with Crippen molar-refractivity contribution in [3.63, 3.8) is 0 Å². The average molecular weight is 108 g/mol. The van der Waals surface area contributed by atoms with Gasteiger partial charge >= 0.3 is 0 Å². The lowest BCUT2D eigenvalue weighted by Crippen LogP contribution is -2.18. The molecule has 0 aromatic heterocycles. The fourth-order valence-corrected chi connectivity index (χ4v) is 0. The van der Waals surface area contributed by atoms with Crippen LogP contribution in [0.15, 0.2) is 13.1 Å². The summed E-state index contributed by atoms with van der Waals surface area (Å²) >= 11 is 4.09. The summed E-state index contributed by atoms with van der Waals surface area (Å²) in [5.41, 5.74) is 9.24. The third-order valence-corrected chi connectivity index (χ3v) is 0. The normalized spacial score (nSPS) is 12.7. The quantitative estimate of drug-likeness (QED) is 0.339. The second-order valence-electron chi connectivity index (χ2n) is 0.402. The van der Waals surface area contributed by atoms with Gasteiger partial charge in [-0.25, -0.2) is 0 Å². The van der Waals surface area contributed by atoms with E-state index in [2.05, 4.69) is 23.7 Å². The Morgan fingerprint density at radius 3 is 1.83 bits per heavy atom. The van der Waals surface area contributed by atoms with E-state index in [0.29, 0.717) is 0 Å². The second kappa shape index (κ2) is 8.83. The molecular formula is C3H8N2S. The van der Waals surface area contributed by atoms with Crippen LogP contribution in [0.2, 0.25) is 0 Å². The van der Waals surface area contributed by atoms with Crippen LogP contribution in [-0.2, 0) is 0 Å². The molecule has 36 valence electrons. The Bertz CT molecular complexity index is 123. The van der Waals surface area contributed by atoms with Crippen LogP contribution < -0.4 is 11.5 Å². The number of hydrogen-bond acceptors (Lipinski definition) is 1. The third kappa shape index (κ3) is 62.3. The van der Waals surface area contributed by atoms with Crippen molar-refractivity contribution in [2.75, 3.05) is 0 Å². The van der Waals surface area contributed by atoms with E-state index in [1.807, 2.05) is 0 Å². The molecule has 0 saturated heterocycles. The van der Waals surface area contributed by atoms with Gasteiger partial charge in [0.15, 0.2) is 5.11 Å². The SMILES string of the molecule is NC(N)=S.[2H]C([2H])=C([2H])[2H]. The second-order valence-corrected chi connectivity index (χ2v) is 0.874. The molecule has 0 aromatic rings. The Kier molecular flexibility index (Phi) is 2.84. The van der Waals surface area contributed by atoms with Gasteiger partial charge in [0.25, 0.3) is 0 Å². The zero-order chi connectivity index (χ0) is 8.73. The Morgan fingerprint density at radius 2 is 1.83 bits per heavy atom. The Morgan fingerprint density at radius 1 is 1.67 bits per heavy atom. The van der Waals surface area contributed by atoms with Crippen LogP contribution in [0.4, 0.5) is 0 Å². The lowest BCUT2D eigenvalue weighted by atomic mass is 11.3. The fraction of sp³-hybridized carbons (Fsp3) is 0. The first kappa shape index (κ1) is 1.93. The van der Waals surface area contributed by atoms with Gasteiger partial charge in [0.1, 0.15) is 0 Å². The number of hydrogen-bond donors (Lipinski definition) is 2. The first-order valence-electron chi connectivity index (χ1n) is 3.03. The lowest BCUT2D eigenvalue weighted by Gasteiger charge is -1.68. The summed E-state index contributed by atoms with van der Waals surface area (Å²) in [7, 11) is 0. The van der Waals surface area contributed by atoms with Crippen molar-refractivity contribution < 1.29 is 5.48 Å². The van der Waals surface area contributed by atoms with Crippen LogP contribution in [0.25, 0.3) is 0 Å². The van der Waals surface area contributed by atoms with Crippen molar-refractivity contribution in [3.05, 3.63) is 13.1 Å². The first-order chi connectivity index (χ1) is 4.37. The van der Waals surface area contributed by atoms with E-state index in [9.17, 15) is 0 Å². The zero-order valence-electron chi connectivity index (χ0n) is 7.06. The smallest absolute Gasteiger partial charge is 0.160 e. The van der Waals surface area contributed by atoms with Gasteiger partial charge in [-0.1, -0.05) is 0 Å². The van der Waals surface area contributed by atoms with E-state index >= 15 is 0 Å². The average Bonchev–Trinajstić information content (AvgIpc) is 1.63. The summed E-state index contributed by atoms with van der Waals surface area (Å²) in [5, 5.41) is 0.000000000000000222. The van der Waals surface area contributed by atoms with Crippen molar-refractivity contribution in [1.29, 1.82) is 0 Å². The topological polar surface area (TPSA) is 52.0 Å². The molecule has 0 heterocycles. The summed E-state index contributed by atoms with van der Waals surface area (Å²) < 4.78 is 24.8. The van der Waals surface area contributed by atoms with E-state index in [1.165, 1.54) is 0 Å². The molecular weight excluding hydrogens is 96.1 g/mol. The number of thiocarbonyl (C=S) groups is 1. The molecule has 0 bridgehead atoms. The maximum Gasteiger partial charge on any atom is 0.160 e. The maximum absolute atomic E-state index is 6.20. The Balaban J connectivity index is 0. The van der Waals surface area contributed by atoms with Crippen molar-refractivity contribution in [3.8, 4) is 0 Å². The van der Waals surface area contributed by atoms with Gasteiger partial charge in [0, 0.05) is 0 Å². The summed E-state index contributed by atoms with van der Waals surface area (Å²) in [6.45, 7) is -1.48. The van der Waals surface area contributed by atoms with E-state index in [4.69, 9.17) is 5.48 Å². The highest BCUT2D eigenvalue weighted by molar-refractivity contribution is 7.80. The standard InChI is InChI=1S/C2H4.CH4N2S/c1-2;2-1(3)4/h1-2H2;(H4,2,3,4)/i1D2,2D2;. The molecule has 0 aliphatic rings. The monoisotopic (exact) mass is 108 g/mol. The fourth-order valence-electron chi connectivity index (χ4n) is 0. The van der Waals surface area contributed by atoms with Gasteiger partial charge in [0.2, 0.25) is 0 Å². The predicted molar refractivity (Wildman–Crippen MR) is 32.2 cm³/mol. The Hall–Kier alpha value is -0.570. The van der Waals surface area contributed by atoms with Gasteiger partial charge in [-0.15, -0.1) is 13.1 Å². The van der Waals surface area contributed by atoms with Crippen LogP contribution >= 0.6 is 12.2 Å². The molecule has 0 aromatic carbocycles. The van der Waals surface area contributed by atoms with Crippen LogP contribution in [0, 0.1) is 0 Å². The van der Waals surface area contributed by atoms with Crippen molar-refractivity contribution in [2.24, 2.45) is 11.5 Å². The van der Waals surface area contributed by atoms with Crippen LogP contribution in [0.5, 0.6) is 0 Å². The largest absolute Gasteiger partial charge is 0.377 e. The molecule has 0 fully saturated rings. The lowest BCUT2D eigenvalue weighted by molar-refractivity contribution is 1.65. The summed E-state index contributed by atoms with van der Waals surface area (Å²) in [6.07, 6.45) is 0. The number of rotatable bonds is 0. The minimum atomic E-state index is -0.741. The molecule has 0 saturated carbocycles. The maximum atomic E-state index is 6.20. The molecule has 0 aliphatic heterocycles. The zero-order valence-corrected chi connectivity index (χ0v) is 3.88. The third-order valence-electron chi connectivity index (χ3n) is 0. The summed E-state index contributed by atoms with van der Waals surface area (Å²) in [4.78, 5) is 0. The molecule has 0 rings (SSSR count). The van der Waals surface area contributed by atoms with Gasteiger partial charge in [-0.3, -0.25) is 0 Å². The van der Waals surface area contributed by atoms with Crippen molar-refractivity contribution in [2.45, 2.75) is 0 Å². The van der Waals surface area contributed by atoms with Crippen LogP contribution in [0.1, 0.15) is 5.48 Å². The molecule has 2 nitrogen and oxygen atoms in total. The summed E-state index contributed by atoms with van der Waals surface area (Å²) in [6, 6.07) is 0. The molecule has 0 amide bonds. The molecule has 4 N–H and O–H groups in total. The molecule has 0 radical (unpaired) electrons. The summed E-state index contributed by atoms with van der Waals surface area (Å²) in [5.74, 6) is 0. The molecule has 3 heteroatoms. The number of nitrogens with two attached hydrogens (primary N) is 2. The van der Waals surface area contributed by atoms with Crippen molar-refractivity contribution >= 4 is 17.3 Å². The van der Waals surface area contributed by atoms with Crippen LogP contribution in [-0.4, -0.2) is 5.11 Å². The van der Waals surface area contributed by atoms with E-state index in [1.54, 1.807) is 0 Å². The molecule has 0 unspecified atom stereocenters. The van der Waals surface area contributed by atoms with E-state index in [0.717, 1.165) is 0 Å². The van der Waals surface area contributed by atoms with E-state index < -0.39 is 13.1 Å². The molecule has 0 aliphatic carbocycles. The highest BCUT2D eigenvalue weighted by Crippen LogP contribution is 1.32. The highest BCUT2D eigenvalue weighted by Gasteiger charge is 1.53. The predicted octanol–water partition coefficient (Wildman–Crippen LogP) is -0.00910. The minimum absolute atomic E-state index is 0.000000000000000222. The van der Waals surface area contributed by atoms with Gasteiger partial charge in [0.05, 0.1) is 5.48 Å². The van der Waals surface area contributed by atoms with E-state index in [-0.39, 0.29) is 5.11 Å². The van der Waals surface area contributed by atoms with Gasteiger partial charge in [-0.05, 0) is 12.2 Å². The first-order valence-corrected chi connectivity index (χ1v) is 1.44. The molecule has 6 heavy (non-hydrogen) atoms. The Labute approximate surface area is 48.4 Å².